The van der Waals surface area contributed by atoms with Crippen LogP contribution in [0.5, 0.6) is 0 Å². The Bertz CT molecular complexity index is 874. The second-order valence-electron chi connectivity index (χ2n) is 9.37. The first kappa shape index (κ1) is 22.3. The molecule has 0 aromatic heterocycles. The highest BCUT2D eigenvalue weighted by Gasteiger charge is 2.43. The summed E-state index contributed by atoms with van der Waals surface area (Å²) in [6.45, 7) is 10.8. The molecule has 1 heterocycles. The van der Waals surface area contributed by atoms with Gasteiger partial charge in [0.25, 0.3) is 0 Å². The molecule has 1 aliphatic carbocycles. The van der Waals surface area contributed by atoms with E-state index in [0.29, 0.717) is 18.6 Å². The fourth-order valence-electron chi connectivity index (χ4n) is 4.58. The zero-order valence-electron chi connectivity index (χ0n) is 19.1. The minimum Gasteiger partial charge on any atom is -0.462 e. The number of unbranched alkanes of at least 4 members (excludes halogenated alkanes) is 2. The van der Waals surface area contributed by atoms with Gasteiger partial charge in [-0.05, 0) is 42.7 Å². The summed E-state index contributed by atoms with van der Waals surface area (Å²) >= 11 is 0. The van der Waals surface area contributed by atoms with Gasteiger partial charge >= 0.3 is 5.97 Å². The number of allylic oxidation sites excluding steroid dienone is 3. The summed E-state index contributed by atoms with van der Waals surface area (Å²) in [5, 5.41) is 3.40. The van der Waals surface area contributed by atoms with Crippen LogP contribution in [0.2, 0.25) is 0 Å². The number of esters is 1. The maximum absolute atomic E-state index is 13.3. The van der Waals surface area contributed by atoms with Crippen molar-refractivity contribution < 1.29 is 14.3 Å². The largest absolute Gasteiger partial charge is 0.462 e. The molecule has 0 saturated heterocycles. The van der Waals surface area contributed by atoms with Gasteiger partial charge in [0.15, 0.2) is 5.78 Å². The Hall–Kier alpha value is -2.36. The molecule has 4 nitrogen and oxygen atoms in total. The highest BCUT2D eigenvalue weighted by Crippen LogP contribution is 2.46. The second-order valence-corrected chi connectivity index (χ2v) is 9.37. The molecule has 1 aromatic rings. The van der Waals surface area contributed by atoms with Gasteiger partial charge in [0.2, 0.25) is 0 Å². The molecule has 1 aliphatic heterocycles. The van der Waals surface area contributed by atoms with E-state index < -0.39 is 0 Å². The number of carbonyl (C=O) groups is 2. The van der Waals surface area contributed by atoms with Crippen molar-refractivity contribution in [3.63, 3.8) is 0 Å². The minimum atomic E-state index is -0.366. The third-order valence-corrected chi connectivity index (χ3v) is 6.16. The van der Waals surface area contributed by atoms with Crippen LogP contribution >= 0.6 is 0 Å². The fraction of sp³-hybridized carbons (Fsp3) is 0.538. The zero-order valence-corrected chi connectivity index (χ0v) is 19.1. The van der Waals surface area contributed by atoms with Crippen LogP contribution in [-0.2, 0) is 20.7 Å². The van der Waals surface area contributed by atoms with E-state index in [2.05, 4.69) is 57.3 Å². The highest BCUT2D eigenvalue weighted by molar-refractivity contribution is 6.04. The normalized spacial score (nSPS) is 20.7. The monoisotopic (exact) mass is 409 g/mol. The van der Waals surface area contributed by atoms with Crippen molar-refractivity contribution in [3.05, 3.63) is 57.9 Å². The van der Waals surface area contributed by atoms with E-state index in [1.54, 1.807) is 0 Å². The van der Waals surface area contributed by atoms with Crippen molar-refractivity contribution in [1.82, 2.24) is 5.32 Å². The van der Waals surface area contributed by atoms with Crippen LogP contribution in [0.4, 0.5) is 0 Å². The van der Waals surface area contributed by atoms with Crippen LogP contribution in [0.3, 0.4) is 0 Å². The third kappa shape index (κ3) is 4.69. The van der Waals surface area contributed by atoms with Crippen LogP contribution in [0.15, 0.2) is 46.8 Å². The average Bonchev–Trinajstić information content (AvgIpc) is 2.69. The van der Waals surface area contributed by atoms with Crippen LogP contribution in [0.25, 0.3) is 0 Å². The Morgan fingerprint density at radius 1 is 1.13 bits per heavy atom. The highest BCUT2D eigenvalue weighted by atomic mass is 16.5. The topological polar surface area (TPSA) is 55.4 Å². The number of ether oxygens (including phenoxy) is 1. The molecule has 0 bridgehead atoms. The van der Waals surface area contributed by atoms with Gasteiger partial charge in [-0.2, -0.15) is 0 Å². The lowest BCUT2D eigenvalue weighted by Gasteiger charge is -2.39. The quantitative estimate of drug-likeness (QED) is 0.471. The molecule has 0 unspecified atom stereocenters. The number of ketones is 1. The lowest BCUT2D eigenvalue weighted by Crippen LogP contribution is -2.38. The second kappa shape index (κ2) is 9.20. The van der Waals surface area contributed by atoms with E-state index in [0.717, 1.165) is 54.6 Å². The van der Waals surface area contributed by atoms with Gasteiger partial charge in [-0.3, -0.25) is 4.79 Å². The smallest absolute Gasteiger partial charge is 0.336 e. The minimum absolute atomic E-state index is 0.0853. The van der Waals surface area contributed by atoms with Crippen molar-refractivity contribution >= 4 is 11.8 Å². The van der Waals surface area contributed by atoms with Crippen LogP contribution < -0.4 is 5.32 Å². The maximum Gasteiger partial charge on any atom is 0.336 e. The van der Waals surface area contributed by atoms with Crippen molar-refractivity contribution in [2.24, 2.45) is 5.41 Å². The lowest BCUT2D eigenvalue weighted by atomic mass is 9.68. The molecule has 4 heteroatoms. The van der Waals surface area contributed by atoms with Gasteiger partial charge in [0.1, 0.15) is 0 Å². The summed E-state index contributed by atoms with van der Waals surface area (Å²) in [6.07, 6.45) is 5.22. The molecular weight excluding hydrogens is 374 g/mol. The molecule has 1 aromatic carbocycles. The van der Waals surface area contributed by atoms with E-state index in [4.69, 9.17) is 4.74 Å². The van der Waals surface area contributed by atoms with Gasteiger partial charge < -0.3 is 10.1 Å². The summed E-state index contributed by atoms with van der Waals surface area (Å²) in [5.74, 6) is -0.554. The first-order chi connectivity index (χ1) is 14.3. The molecule has 1 N–H and O–H groups in total. The number of carbonyl (C=O) groups excluding carboxylic acids is 2. The predicted octanol–water partition coefficient (Wildman–Crippen LogP) is 5.59. The number of dihydropyridines is 1. The molecule has 3 rings (SSSR count). The lowest BCUT2D eigenvalue weighted by molar-refractivity contribution is -0.139. The summed E-state index contributed by atoms with van der Waals surface area (Å²) in [6, 6.07) is 8.30. The van der Waals surface area contributed by atoms with Gasteiger partial charge in [-0.1, -0.05) is 64.8 Å². The molecule has 0 spiro atoms. The standard InChI is InChI=1S/C26H35NO3/c1-6-8-9-14-30-25(29)22-17(3)27-20-15-26(4,5)16-21(28)24(20)23(22)19-12-10-18(7-2)11-13-19/h10-13,23,27H,6-9,14-16H2,1-5H3/t23-/m1/s1. The van der Waals surface area contributed by atoms with Gasteiger partial charge in [0.05, 0.1) is 12.2 Å². The Morgan fingerprint density at radius 3 is 2.47 bits per heavy atom. The Balaban J connectivity index is 2.02. The number of rotatable bonds is 7. The van der Waals surface area contributed by atoms with Crippen molar-refractivity contribution in [2.75, 3.05) is 6.61 Å². The SMILES string of the molecule is CCCCCOC(=O)C1=C(C)NC2=C(C(=O)CC(C)(C)C2)[C@@H]1c1ccc(CC)cc1. The molecule has 0 amide bonds. The van der Waals surface area contributed by atoms with Crippen LogP contribution in [-0.4, -0.2) is 18.4 Å². The summed E-state index contributed by atoms with van der Waals surface area (Å²) in [7, 11) is 0. The van der Waals surface area contributed by atoms with Crippen molar-refractivity contribution in [1.29, 1.82) is 0 Å². The van der Waals surface area contributed by atoms with E-state index in [1.165, 1.54) is 5.56 Å². The zero-order chi connectivity index (χ0) is 21.9. The number of nitrogens with one attached hydrogen (secondary N) is 1. The first-order valence-electron chi connectivity index (χ1n) is 11.3. The Morgan fingerprint density at radius 2 is 1.83 bits per heavy atom. The van der Waals surface area contributed by atoms with Crippen LogP contribution in [0.1, 0.15) is 83.8 Å². The summed E-state index contributed by atoms with van der Waals surface area (Å²) in [5.41, 5.74) is 5.20. The van der Waals surface area contributed by atoms with E-state index in [-0.39, 0.29) is 23.1 Å². The molecule has 30 heavy (non-hydrogen) atoms. The number of Topliss-reactive ketones (excluding diaryl/α,β-unsaturated/α-hetero) is 1. The van der Waals surface area contributed by atoms with Crippen molar-refractivity contribution in [2.45, 2.75) is 79.1 Å². The molecule has 162 valence electrons. The number of hydrogen-bond acceptors (Lipinski definition) is 4. The van der Waals surface area contributed by atoms with Crippen molar-refractivity contribution in [3.8, 4) is 0 Å². The maximum atomic E-state index is 13.3. The predicted molar refractivity (Wildman–Crippen MR) is 120 cm³/mol. The first-order valence-corrected chi connectivity index (χ1v) is 11.3. The van der Waals surface area contributed by atoms with E-state index >= 15 is 0 Å². The van der Waals surface area contributed by atoms with Gasteiger partial charge in [-0.25, -0.2) is 4.79 Å². The average molecular weight is 410 g/mol. The number of hydrogen-bond donors (Lipinski definition) is 1. The van der Waals surface area contributed by atoms with Gasteiger partial charge in [-0.15, -0.1) is 0 Å². The van der Waals surface area contributed by atoms with E-state index in [9.17, 15) is 9.59 Å². The summed E-state index contributed by atoms with van der Waals surface area (Å²) in [4.78, 5) is 26.4. The van der Waals surface area contributed by atoms with Gasteiger partial charge in [0, 0.05) is 29.3 Å². The van der Waals surface area contributed by atoms with Crippen LogP contribution in [0, 0.1) is 5.41 Å². The fourth-order valence-corrected chi connectivity index (χ4v) is 4.58. The molecule has 0 saturated carbocycles. The molecule has 0 radical (unpaired) electrons. The molecular formula is C26H35NO3. The molecule has 2 aliphatic rings. The number of aryl methyl sites for hydroxylation is 1. The Labute approximate surface area is 180 Å². The molecule has 0 fully saturated rings. The third-order valence-electron chi connectivity index (χ3n) is 6.16. The summed E-state index contributed by atoms with van der Waals surface area (Å²) < 4.78 is 5.64. The van der Waals surface area contributed by atoms with E-state index in [1.807, 2.05) is 6.92 Å². The Kier molecular flexibility index (Phi) is 6.84. The molecule has 1 atom stereocenters. The number of benzene rings is 1.